The summed E-state index contributed by atoms with van der Waals surface area (Å²) in [4.78, 5) is 36.9. The van der Waals surface area contributed by atoms with Gasteiger partial charge in [-0.2, -0.15) is 0 Å². The van der Waals surface area contributed by atoms with Gasteiger partial charge in [-0.3, -0.25) is 9.59 Å². The molecule has 0 bridgehead atoms. The van der Waals surface area contributed by atoms with Crippen molar-refractivity contribution in [1.82, 2.24) is 10.3 Å². The molecule has 1 amide bonds. The molecule has 0 saturated heterocycles. The van der Waals surface area contributed by atoms with E-state index in [2.05, 4.69) is 10.3 Å². The van der Waals surface area contributed by atoms with Gasteiger partial charge in [0.15, 0.2) is 0 Å². The van der Waals surface area contributed by atoms with Crippen LogP contribution < -0.4 is 11.1 Å². The molecule has 2 atom stereocenters. The first-order chi connectivity index (χ1) is 11.4. The summed E-state index contributed by atoms with van der Waals surface area (Å²) >= 11 is 0. The number of nitrogens with one attached hydrogen (secondary N) is 2. The third-order valence-corrected chi connectivity index (χ3v) is 3.72. The smallest absolute Gasteiger partial charge is 0.326 e. The van der Waals surface area contributed by atoms with Gasteiger partial charge in [-0.15, -0.1) is 0 Å². The van der Waals surface area contributed by atoms with Crippen LogP contribution in [0.25, 0.3) is 10.9 Å². The van der Waals surface area contributed by atoms with Crippen LogP contribution in [0, 0.1) is 0 Å². The Labute approximate surface area is 194 Å². The fraction of sp³-hybridized carbons (Fsp3) is 0.312. The largest absolute Gasteiger partial charge is 0.481 e. The summed E-state index contributed by atoms with van der Waals surface area (Å²) in [6, 6.07) is 5.23. The summed E-state index contributed by atoms with van der Waals surface area (Å²) in [5.41, 5.74) is 7.24. The van der Waals surface area contributed by atoms with Crippen molar-refractivity contribution >= 4 is 87.9 Å². The molecule has 26 heavy (non-hydrogen) atoms. The van der Waals surface area contributed by atoms with E-state index in [0.29, 0.717) is 0 Å². The monoisotopic (exact) mass is 379 g/mol. The fourth-order valence-electron chi connectivity index (χ4n) is 2.41. The number of aromatic nitrogens is 1. The van der Waals surface area contributed by atoms with Crippen molar-refractivity contribution in [3.05, 3.63) is 36.0 Å². The molecule has 0 aliphatic heterocycles. The summed E-state index contributed by atoms with van der Waals surface area (Å²) in [6.45, 7) is 0. The zero-order valence-corrected chi connectivity index (χ0v) is 18.9. The standard InChI is InChI=1S/C16H19N3O5.2Na/c17-11(5-6-14(20)21)15(22)19-13(16(23)24)7-9-8-18-12-4-2-1-3-10(9)12;;/h1-4,8,11,13,18H,5-7,17H2,(H,19,22)(H,20,21)(H,23,24);;/t11-,13-;;/m0../s1. The number of aromatic amines is 1. The Kier molecular flexibility index (Phi) is 11.4. The number of benzene rings is 1. The molecule has 2 aromatic rings. The topological polar surface area (TPSA) is 146 Å². The van der Waals surface area contributed by atoms with Gasteiger partial charge in [0.2, 0.25) is 5.91 Å². The maximum atomic E-state index is 12.0. The SMILES string of the molecule is N[C@@H](CCC(=O)O)C(=O)N[C@@H](Cc1c[nH]c2ccccc12)C(=O)O.[Na].[Na]. The van der Waals surface area contributed by atoms with Crippen molar-refractivity contribution in [2.45, 2.75) is 31.3 Å². The van der Waals surface area contributed by atoms with Crippen molar-refractivity contribution in [1.29, 1.82) is 0 Å². The molecule has 0 unspecified atom stereocenters. The van der Waals surface area contributed by atoms with E-state index in [0.717, 1.165) is 16.5 Å². The van der Waals surface area contributed by atoms with E-state index in [4.69, 9.17) is 10.8 Å². The maximum absolute atomic E-state index is 12.0. The second kappa shape index (κ2) is 11.8. The van der Waals surface area contributed by atoms with Crippen LogP contribution in [0.1, 0.15) is 18.4 Å². The molecule has 8 nitrogen and oxygen atoms in total. The van der Waals surface area contributed by atoms with Crippen molar-refractivity contribution < 1.29 is 24.6 Å². The second-order valence-corrected chi connectivity index (χ2v) is 5.50. The number of para-hydroxylation sites is 1. The maximum Gasteiger partial charge on any atom is 0.326 e. The Morgan fingerprint density at radius 2 is 1.81 bits per heavy atom. The normalized spacial score (nSPS) is 12.3. The average Bonchev–Trinajstić information content (AvgIpc) is 2.94. The minimum atomic E-state index is -1.18. The Hall–Kier alpha value is -0.870. The second-order valence-electron chi connectivity index (χ2n) is 5.50. The first kappa shape index (κ1) is 25.1. The molecule has 10 heteroatoms. The number of carboxylic acid groups (broad SMARTS) is 2. The molecule has 0 saturated carbocycles. The van der Waals surface area contributed by atoms with Crippen LogP contribution in [-0.2, 0) is 20.8 Å². The van der Waals surface area contributed by atoms with E-state index >= 15 is 0 Å². The van der Waals surface area contributed by atoms with Crippen LogP contribution in [0.5, 0.6) is 0 Å². The van der Waals surface area contributed by atoms with Crippen LogP contribution in [0.4, 0.5) is 0 Å². The van der Waals surface area contributed by atoms with E-state index in [-0.39, 0.29) is 78.4 Å². The minimum Gasteiger partial charge on any atom is -0.481 e. The summed E-state index contributed by atoms with van der Waals surface area (Å²) in [5.74, 6) is -2.92. The van der Waals surface area contributed by atoms with Gasteiger partial charge in [0.05, 0.1) is 6.04 Å². The van der Waals surface area contributed by atoms with E-state index in [9.17, 15) is 19.5 Å². The predicted molar refractivity (Wildman–Crippen MR) is 97.9 cm³/mol. The number of amides is 1. The molecular formula is C16H19N3Na2O5. The van der Waals surface area contributed by atoms with E-state index in [1.807, 2.05) is 24.3 Å². The van der Waals surface area contributed by atoms with E-state index in [1.165, 1.54) is 0 Å². The number of hydrogen-bond acceptors (Lipinski definition) is 4. The molecule has 0 fully saturated rings. The van der Waals surface area contributed by atoms with E-state index < -0.39 is 29.9 Å². The van der Waals surface area contributed by atoms with Gasteiger partial charge in [-0.05, 0) is 18.1 Å². The molecule has 130 valence electrons. The van der Waals surface area contributed by atoms with Crippen LogP contribution >= 0.6 is 0 Å². The summed E-state index contributed by atoms with van der Waals surface area (Å²) in [6.07, 6.45) is 1.49. The Morgan fingerprint density at radius 3 is 2.42 bits per heavy atom. The predicted octanol–water partition coefficient (Wildman–Crippen LogP) is -0.290. The zero-order chi connectivity index (χ0) is 17.7. The third kappa shape index (κ3) is 7.03. The Balaban J connectivity index is 0.00000312. The van der Waals surface area contributed by atoms with Crippen molar-refractivity contribution in [2.24, 2.45) is 5.73 Å². The molecule has 6 N–H and O–H groups in total. The van der Waals surface area contributed by atoms with Gasteiger partial charge < -0.3 is 26.2 Å². The molecule has 2 radical (unpaired) electrons. The number of aliphatic carboxylic acids is 2. The molecule has 2 rings (SSSR count). The van der Waals surface area contributed by atoms with Gasteiger partial charge in [0.1, 0.15) is 6.04 Å². The van der Waals surface area contributed by atoms with Gasteiger partial charge in [0.25, 0.3) is 0 Å². The number of nitrogens with two attached hydrogens (primary N) is 1. The summed E-state index contributed by atoms with van der Waals surface area (Å²) in [5, 5.41) is 21.2. The molecule has 0 spiro atoms. The summed E-state index contributed by atoms with van der Waals surface area (Å²) in [7, 11) is 0. The van der Waals surface area contributed by atoms with Crippen LogP contribution in [0.2, 0.25) is 0 Å². The van der Waals surface area contributed by atoms with Crippen LogP contribution in [0.3, 0.4) is 0 Å². The molecule has 1 aromatic heterocycles. The van der Waals surface area contributed by atoms with E-state index in [1.54, 1.807) is 6.20 Å². The molecular weight excluding hydrogens is 360 g/mol. The van der Waals surface area contributed by atoms with Crippen molar-refractivity contribution in [3.63, 3.8) is 0 Å². The van der Waals surface area contributed by atoms with Gasteiger partial charge in [-0.25, -0.2) is 4.79 Å². The van der Waals surface area contributed by atoms with Gasteiger partial charge in [0, 0.05) is 89.1 Å². The molecule has 0 aliphatic carbocycles. The number of H-pyrrole nitrogens is 1. The van der Waals surface area contributed by atoms with Gasteiger partial charge >= 0.3 is 11.9 Å². The van der Waals surface area contributed by atoms with Crippen LogP contribution in [-0.4, -0.2) is 104 Å². The van der Waals surface area contributed by atoms with Crippen molar-refractivity contribution in [3.8, 4) is 0 Å². The number of carboxylic acids is 2. The number of fused-ring (bicyclic) bond motifs is 1. The Bertz CT molecular complexity index is 765. The molecule has 1 aromatic carbocycles. The number of carbonyl (C=O) groups excluding carboxylic acids is 1. The minimum absolute atomic E-state index is 0. The molecule has 1 heterocycles. The first-order valence-electron chi connectivity index (χ1n) is 7.44. The quantitative estimate of drug-likeness (QED) is 0.399. The fourth-order valence-corrected chi connectivity index (χ4v) is 2.41. The third-order valence-electron chi connectivity index (χ3n) is 3.72. The zero-order valence-electron chi connectivity index (χ0n) is 14.9. The Morgan fingerprint density at radius 1 is 1.15 bits per heavy atom. The van der Waals surface area contributed by atoms with Crippen LogP contribution in [0.15, 0.2) is 30.5 Å². The van der Waals surface area contributed by atoms with Crippen molar-refractivity contribution in [2.75, 3.05) is 0 Å². The number of hydrogen-bond donors (Lipinski definition) is 5. The average molecular weight is 379 g/mol. The first-order valence-corrected chi connectivity index (χ1v) is 7.44. The molecule has 0 aliphatic rings. The number of rotatable bonds is 8. The number of carbonyl (C=O) groups is 3. The van der Waals surface area contributed by atoms with Gasteiger partial charge in [-0.1, -0.05) is 18.2 Å². The summed E-state index contributed by atoms with van der Waals surface area (Å²) < 4.78 is 0.